The second kappa shape index (κ2) is 4.90. The lowest BCUT2D eigenvalue weighted by Crippen LogP contribution is -2.47. The first kappa shape index (κ1) is 10.9. The Morgan fingerprint density at radius 2 is 1.69 bits per heavy atom. The lowest BCUT2D eigenvalue weighted by molar-refractivity contribution is 0.109. The molecule has 1 rings (SSSR count). The minimum absolute atomic E-state index is 0.428. The molecule has 0 saturated carbocycles. The fourth-order valence-electron chi connectivity index (χ4n) is 1.86. The fraction of sp³-hybridized carbons (Fsp3) is 0.778. The van der Waals surface area contributed by atoms with Crippen LogP contribution in [-0.2, 0) is 13.3 Å². The van der Waals surface area contributed by atoms with Gasteiger partial charge >= 0.3 is 8.80 Å². The van der Waals surface area contributed by atoms with Gasteiger partial charge in [-0.1, -0.05) is 12.2 Å². The summed E-state index contributed by atoms with van der Waals surface area (Å²) >= 11 is 0. The average molecular weight is 202 g/mol. The highest BCUT2D eigenvalue weighted by atomic mass is 28.4. The standard InChI is InChI=1S/C9H18O3Si/c1-10-13(11-2,12-3)9-7-5-4-6-8-9/h4-5,9H,6-8H2,1-3H3. The second-order valence-corrected chi connectivity index (χ2v) is 6.45. The van der Waals surface area contributed by atoms with E-state index in [2.05, 4.69) is 12.2 Å². The van der Waals surface area contributed by atoms with E-state index < -0.39 is 8.80 Å². The molecule has 0 fully saturated rings. The Hall–Kier alpha value is -0.163. The lowest BCUT2D eigenvalue weighted by atomic mass is 10.1. The van der Waals surface area contributed by atoms with E-state index in [1.54, 1.807) is 21.3 Å². The van der Waals surface area contributed by atoms with Crippen molar-refractivity contribution in [2.45, 2.75) is 24.8 Å². The summed E-state index contributed by atoms with van der Waals surface area (Å²) in [5.41, 5.74) is 0.428. The summed E-state index contributed by atoms with van der Waals surface area (Å²) in [6.45, 7) is 0. The molecular weight excluding hydrogens is 184 g/mol. The summed E-state index contributed by atoms with van der Waals surface area (Å²) in [6, 6.07) is 0. The van der Waals surface area contributed by atoms with Gasteiger partial charge in [0.05, 0.1) is 0 Å². The van der Waals surface area contributed by atoms with Crippen LogP contribution in [-0.4, -0.2) is 30.1 Å². The third kappa shape index (κ3) is 2.20. The first-order chi connectivity index (χ1) is 6.29. The van der Waals surface area contributed by atoms with Crippen molar-refractivity contribution in [3.05, 3.63) is 12.2 Å². The van der Waals surface area contributed by atoms with Crippen LogP contribution in [0, 0.1) is 0 Å². The Morgan fingerprint density at radius 1 is 1.08 bits per heavy atom. The van der Waals surface area contributed by atoms with Crippen molar-refractivity contribution in [3.8, 4) is 0 Å². The zero-order valence-corrected chi connectivity index (χ0v) is 9.58. The van der Waals surface area contributed by atoms with Gasteiger partial charge in [-0.25, -0.2) is 0 Å². The van der Waals surface area contributed by atoms with Crippen molar-refractivity contribution in [3.63, 3.8) is 0 Å². The van der Waals surface area contributed by atoms with E-state index in [4.69, 9.17) is 13.3 Å². The van der Waals surface area contributed by atoms with Gasteiger partial charge in [-0.15, -0.1) is 0 Å². The van der Waals surface area contributed by atoms with Gasteiger partial charge < -0.3 is 13.3 Å². The maximum absolute atomic E-state index is 5.44. The summed E-state index contributed by atoms with van der Waals surface area (Å²) in [7, 11) is 2.67. The van der Waals surface area contributed by atoms with Crippen molar-refractivity contribution < 1.29 is 13.3 Å². The van der Waals surface area contributed by atoms with E-state index in [1.807, 2.05) is 0 Å². The normalized spacial score (nSPS) is 23.5. The Bertz CT molecular complexity index is 169. The molecule has 76 valence electrons. The molecule has 1 aliphatic rings. The SMILES string of the molecule is CO[Si](OC)(OC)C1CC=CCC1. The van der Waals surface area contributed by atoms with Crippen LogP contribution in [0.4, 0.5) is 0 Å². The minimum Gasteiger partial charge on any atom is -0.377 e. The summed E-state index contributed by atoms with van der Waals surface area (Å²) in [5, 5.41) is 0. The molecule has 0 N–H and O–H groups in total. The highest BCUT2D eigenvalue weighted by Gasteiger charge is 2.46. The number of rotatable bonds is 4. The molecular formula is C9H18O3Si. The first-order valence-corrected chi connectivity index (χ1v) is 6.39. The number of hydrogen-bond donors (Lipinski definition) is 0. The summed E-state index contributed by atoms with van der Waals surface area (Å²) < 4.78 is 16.3. The van der Waals surface area contributed by atoms with Crippen LogP contribution in [0.1, 0.15) is 19.3 Å². The van der Waals surface area contributed by atoms with Crippen LogP contribution in [0.5, 0.6) is 0 Å². The maximum atomic E-state index is 5.44. The highest BCUT2D eigenvalue weighted by Crippen LogP contribution is 2.34. The molecule has 3 nitrogen and oxygen atoms in total. The van der Waals surface area contributed by atoms with E-state index in [0.29, 0.717) is 5.54 Å². The van der Waals surface area contributed by atoms with Crippen molar-refractivity contribution in [1.82, 2.24) is 0 Å². The molecule has 0 spiro atoms. The van der Waals surface area contributed by atoms with E-state index in [0.717, 1.165) is 19.3 Å². The second-order valence-electron chi connectivity index (χ2n) is 3.20. The van der Waals surface area contributed by atoms with Crippen LogP contribution in [0.15, 0.2) is 12.2 Å². The van der Waals surface area contributed by atoms with Crippen molar-refractivity contribution >= 4 is 8.80 Å². The molecule has 0 amide bonds. The molecule has 1 unspecified atom stereocenters. The van der Waals surface area contributed by atoms with E-state index in [1.165, 1.54) is 0 Å². The highest BCUT2D eigenvalue weighted by molar-refractivity contribution is 6.62. The van der Waals surface area contributed by atoms with Gasteiger partial charge in [-0.05, 0) is 19.3 Å². The molecule has 0 bridgehead atoms. The maximum Gasteiger partial charge on any atom is 0.503 e. The Kier molecular flexibility index (Phi) is 4.12. The van der Waals surface area contributed by atoms with Gasteiger partial charge in [-0.2, -0.15) is 0 Å². The molecule has 0 aromatic heterocycles. The van der Waals surface area contributed by atoms with Crippen LogP contribution in [0.2, 0.25) is 5.54 Å². The molecule has 0 heterocycles. The van der Waals surface area contributed by atoms with Gasteiger partial charge in [0.15, 0.2) is 0 Å². The largest absolute Gasteiger partial charge is 0.503 e. The molecule has 1 atom stereocenters. The quantitative estimate of drug-likeness (QED) is 0.515. The third-order valence-electron chi connectivity index (χ3n) is 2.62. The zero-order valence-electron chi connectivity index (χ0n) is 8.58. The predicted octanol–water partition coefficient (Wildman–Crippen LogP) is 1.97. The third-order valence-corrected chi connectivity index (χ3v) is 5.85. The fourth-order valence-corrected chi connectivity index (χ4v) is 4.31. The predicted molar refractivity (Wildman–Crippen MR) is 53.5 cm³/mol. The summed E-state index contributed by atoms with van der Waals surface area (Å²) in [5.74, 6) is 0. The van der Waals surface area contributed by atoms with Gasteiger partial charge in [0, 0.05) is 26.9 Å². The van der Waals surface area contributed by atoms with Crippen molar-refractivity contribution in [2.75, 3.05) is 21.3 Å². The molecule has 13 heavy (non-hydrogen) atoms. The molecule has 0 aliphatic heterocycles. The molecule has 0 saturated heterocycles. The van der Waals surface area contributed by atoms with Gasteiger partial charge in [0.1, 0.15) is 0 Å². The summed E-state index contributed by atoms with van der Waals surface area (Å²) in [4.78, 5) is 0. The van der Waals surface area contributed by atoms with Crippen molar-refractivity contribution in [2.24, 2.45) is 0 Å². The summed E-state index contributed by atoms with van der Waals surface area (Å²) in [6.07, 6.45) is 7.62. The Morgan fingerprint density at radius 3 is 2.08 bits per heavy atom. The minimum atomic E-state index is -2.37. The van der Waals surface area contributed by atoms with Crippen molar-refractivity contribution in [1.29, 1.82) is 0 Å². The average Bonchev–Trinajstić information content (AvgIpc) is 2.23. The molecule has 0 aromatic carbocycles. The van der Waals surface area contributed by atoms with E-state index >= 15 is 0 Å². The Balaban J connectivity index is 2.67. The van der Waals surface area contributed by atoms with E-state index in [-0.39, 0.29) is 0 Å². The van der Waals surface area contributed by atoms with E-state index in [9.17, 15) is 0 Å². The van der Waals surface area contributed by atoms with Crippen LogP contribution < -0.4 is 0 Å². The number of allylic oxidation sites excluding steroid dienone is 2. The smallest absolute Gasteiger partial charge is 0.377 e. The lowest BCUT2D eigenvalue weighted by Gasteiger charge is -2.32. The van der Waals surface area contributed by atoms with Gasteiger partial charge in [0.2, 0.25) is 0 Å². The molecule has 1 aliphatic carbocycles. The Labute approximate surface area is 81.1 Å². The molecule has 4 heteroatoms. The van der Waals surface area contributed by atoms with Crippen LogP contribution in [0.3, 0.4) is 0 Å². The van der Waals surface area contributed by atoms with Gasteiger partial charge in [0.25, 0.3) is 0 Å². The number of hydrogen-bond acceptors (Lipinski definition) is 3. The zero-order chi connectivity index (χ0) is 9.73. The molecule has 0 aromatic rings. The van der Waals surface area contributed by atoms with Crippen LogP contribution in [0.25, 0.3) is 0 Å². The molecule has 0 radical (unpaired) electrons. The van der Waals surface area contributed by atoms with Gasteiger partial charge in [-0.3, -0.25) is 0 Å². The topological polar surface area (TPSA) is 27.7 Å². The first-order valence-electron chi connectivity index (χ1n) is 4.59. The van der Waals surface area contributed by atoms with Crippen LogP contribution >= 0.6 is 0 Å². The monoisotopic (exact) mass is 202 g/mol.